The predicted molar refractivity (Wildman–Crippen MR) is 90.1 cm³/mol. The van der Waals surface area contributed by atoms with Gasteiger partial charge < -0.3 is 16.4 Å². The summed E-state index contributed by atoms with van der Waals surface area (Å²) >= 11 is 0. The van der Waals surface area contributed by atoms with E-state index in [4.69, 9.17) is 5.73 Å². The van der Waals surface area contributed by atoms with Crippen LogP contribution in [0.2, 0.25) is 0 Å². The zero-order valence-electron chi connectivity index (χ0n) is 13.2. The van der Waals surface area contributed by atoms with Gasteiger partial charge in [0.2, 0.25) is 11.8 Å². The minimum absolute atomic E-state index is 0. The molecule has 2 rings (SSSR count). The maximum absolute atomic E-state index is 12.1. The normalized spacial score (nSPS) is 16.1. The highest BCUT2D eigenvalue weighted by Crippen LogP contribution is 2.25. The first-order valence-corrected chi connectivity index (χ1v) is 7.24. The van der Waals surface area contributed by atoms with Gasteiger partial charge in [0.1, 0.15) is 0 Å². The molecule has 0 aromatic heterocycles. The molecule has 5 nitrogen and oxygen atoms in total. The van der Waals surface area contributed by atoms with E-state index in [1.54, 1.807) is 13.8 Å². The molecule has 0 aliphatic carbocycles. The molecule has 0 bridgehead atoms. The van der Waals surface area contributed by atoms with Gasteiger partial charge in [-0.1, -0.05) is 19.1 Å². The van der Waals surface area contributed by atoms with Crippen molar-refractivity contribution in [3.63, 3.8) is 0 Å². The zero-order chi connectivity index (χ0) is 15.6. The number of benzene rings is 1. The Morgan fingerprint density at radius 3 is 2.23 bits per heavy atom. The highest BCUT2D eigenvalue weighted by molar-refractivity contribution is 5.93. The smallest absolute Gasteiger partial charge is 0.227 e. The lowest BCUT2D eigenvalue weighted by molar-refractivity contribution is -0.122. The van der Waals surface area contributed by atoms with Crippen LogP contribution in [0.15, 0.2) is 24.3 Å². The van der Waals surface area contributed by atoms with Crippen LogP contribution in [0.4, 0.5) is 5.69 Å². The predicted octanol–water partition coefficient (Wildman–Crippen LogP) is 1.67. The molecule has 1 aliphatic rings. The minimum Gasteiger partial charge on any atom is -0.369 e. The number of anilines is 1. The lowest BCUT2D eigenvalue weighted by atomic mass is 9.84. The SMILES string of the molecule is CC(C(=O)Nc1ccc(C(C)(C)C(N)=O)cc1)C1CNC1.Cl. The highest BCUT2D eigenvalue weighted by atomic mass is 35.5. The van der Waals surface area contributed by atoms with E-state index in [1.165, 1.54) is 0 Å². The standard InChI is InChI=1S/C16H23N3O2.ClH/c1-10(11-8-18-9-11)14(20)19-13-6-4-12(5-7-13)16(2,3)15(17)21;/h4-7,10-11,18H,8-9H2,1-3H3,(H2,17,21)(H,19,20);1H. The van der Waals surface area contributed by atoms with Crippen LogP contribution in [0.1, 0.15) is 26.3 Å². The number of nitrogens with one attached hydrogen (secondary N) is 2. The fourth-order valence-electron chi connectivity index (χ4n) is 2.25. The van der Waals surface area contributed by atoms with Crippen molar-refractivity contribution >= 4 is 29.9 Å². The summed E-state index contributed by atoms with van der Waals surface area (Å²) in [5, 5.41) is 6.09. The Labute approximate surface area is 137 Å². The van der Waals surface area contributed by atoms with E-state index in [1.807, 2.05) is 31.2 Å². The van der Waals surface area contributed by atoms with Gasteiger partial charge in [-0.2, -0.15) is 0 Å². The van der Waals surface area contributed by atoms with Gasteiger partial charge >= 0.3 is 0 Å². The molecule has 1 unspecified atom stereocenters. The molecular formula is C16H24ClN3O2. The summed E-state index contributed by atoms with van der Waals surface area (Å²) in [6.07, 6.45) is 0. The average molecular weight is 326 g/mol. The number of amides is 2. The first kappa shape index (κ1) is 18.5. The molecule has 1 aromatic carbocycles. The Bertz CT molecular complexity index is 539. The molecule has 122 valence electrons. The van der Waals surface area contributed by atoms with E-state index < -0.39 is 5.41 Å². The molecule has 1 aliphatic heterocycles. The average Bonchev–Trinajstić information content (AvgIpc) is 2.37. The number of carbonyl (C=O) groups is 2. The third-order valence-corrected chi connectivity index (χ3v) is 4.42. The Morgan fingerprint density at radius 2 is 1.82 bits per heavy atom. The third-order valence-electron chi connectivity index (χ3n) is 4.42. The van der Waals surface area contributed by atoms with Crippen LogP contribution < -0.4 is 16.4 Å². The largest absolute Gasteiger partial charge is 0.369 e. The van der Waals surface area contributed by atoms with Crippen LogP contribution in [0.5, 0.6) is 0 Å². The Morgan fingerprint density at radius 1 is 1.27 bits per heavy atom. The van der Waals surface area contributed by atoms with Crippen LogP contribution in [0.25, 0.3) is 0 Å². The van der Waals surface area contributed by atoms with E-state index in [9.17, 15) is 9.59 Å². The first-order valence-electron chi connectivity index (χ1n) is 7.24. The molecule has 4 N–H and O–H groups in total. The summed E-state index contributed by atoms with van der Waals surface area (Å²) in [5.74, 6) is 0.0693. The summed E-state index contributed by atoms with van der Waals surface area (Å²) in [6.45, 7) is 7.33. The molecule has 1 fully saturated rings. The summed E-state index contributed by atoms with van der Waals surface area (Å²) in [4.78, 5) is 23.6. The highest BCUT2D eigenvalue weighted by Gasteiger charge is 2.29. The molecule has 1 heterocycles. The lowest BCUT2D eigenvalue weighted by Crippen LogP contribution is -2.48. The number of hydrogen-bond donors (Lipinski definition) is 3. The van der Waals surface area contributed by atoms with Crippen molar-refractivity contribution < 1.29 is 9.59 Å². The fourth-order valence-corrected chi connectivity index (χ4v) is 2.25. The fraction of sp³-hybridized carbons (Fsp3) is 0.500. The van der Waals surface area contributed by atoms with Crippen molar-refractivity contribution in [3.8, 4) is 0 Å². The van der Waals surface area contributed by atoms with Gasteiger partial charge in [0, 0.05) is 11.6 Å². The molecule has 1 atom stereocenters. The monoisotopic (exact) mass is 325 g/mol. The van der Waals surface area contributed by atoms with Crippen molar-refractivity contribution in [2.45, 2.75) is 26.2 Å². The summed E-state index contributed by atoms with van der Waals surface area (Å²) in [7, 11) is 0. The summed E-state index contributed by atoms with van der Waals surface area (Å²) in [6, 6.07) is 7.28. The Balaban J connectivity index is 0.00000242. The molecule has 1 saturated heterocycles. The van der Waals surface area contributed by atoms with Crippen molar-refractivity contribution in [3.05, 3.63) is 29.8 Å². The molecular weight excluding hydrogens is 302 g/mol. The molecule has 0 saturated carbocycles. The molecule has 1 aromatic rings. The molecule has 6 heteroatoms. The second-order valence-electron chi connectivity index (χ2n) is 6.26. The summed E-state index contributed by atoms with van der Waals surface area (Å²) < 4.78 is 0. The van der Waals surface area contributed by atoms with Gasteiger partial charge in [-0.05, 0) is 50.6 Å². The van der Waals surface area contributed by atoms with Crippen molar-refractivity contribution in [2.75, 3.05) is 18.4 Å². The number of primary amides is 1. The van der Waals surface area contributed by atoms with Crippen molar-refractivity contribution in [2.24, 2.45) is 17.6 Å². The van der Waals surface area contributed by atoms with Crippen LogP contribution in [-0.2, 0) is 15.0 Å². The first-order chi connectivity index (χ1) is 9.82. The number of halogens is 1. The quantitative estimate of drug-likeness (QED) is 0.770. The maximum atomic E-state index is 12.1. The Kier molecular flexibility index (Phi) is 5.97. The third kappa shape index (κ3) is 3.78. The van der Waals surface area contributed by atoms with Crippen molar-refractivity contribution in [1.29, 1.82) is 0 Å². The minimum atomic E-state index is -0.715. The maximum Gasteiger partial charge on any atom is 0.227 e. The van der Waals surface area contributed by atoms with Crippen LogP contribution >= 0.6 is 12.4 Å². The molecule has 0 spiro atoms. The van der Waals surface area contributed by atoms with Gasteiger partial charge in [0.15, 0.2) is 0 Å². The lowest BCUT2D eigenvalue weighted by Gasteiger charge is -2.31. The van der Waals surface area contributed by atoms with Crippen LogP contribution in [0, 0.1) is 11.8 Å². The topological polar surface area (TPSA) is 84.2 Å². The number of carbonyl (C=O) groups excluding carboxylic acids is 2. The zero-order valence-corrected chi connectivity index (χ0v) is 14.0. The van der Waals surface area contributed by atoms with Gasteiger partial charge in [-0.15, -0.1) is 12.4 Å². The van der Waals surface area contributed by atoms with Crippen LogP contribution in [0.3, 0.4) is 0 Å². The Hall–Kier alpha value is -1.59. The molecule has 0 radical (unpaired) electrons. The van der Waals surface area contributed by atoms with E-state index in [-0.39, 0.29) is 30.1 Å². The second-order valence-corrected chi connectivity index (χ2v) is 6.26. The van der Waals surface area contributed by atoms with Gasteiger partial charge in [-0.25, -0.2) is 0 Å². The van der Waals surface area contributed by atoms with Gasteiger partial charge in [-0.3, -0.25) is 9.59 Å². The van der Waals surface area contributed by atoms with Gasteiger partial charge in [0.25, 0.3) is 0 Å². The van der Waals surface area contributed by atoms with Crippen LogP contribution in [-0.4, -0.2) is 24.9 Å². The summed E-state index contributed by atoms with van der Waals surface area (Å²) in [5.41, 5.74) is 6.26. The molecule has 2 amide bonds. The van der Waals surface area contributed by atoms with E-state index >= 15 is 0 Å². The number of rotatable bonds is 5. The van der Waals surface area contributed by atoms with Crippen molar-refractivity contribution in [1.82, 2.24) is 5.32 Å². The number of nitrogens with two attached hydrogens (primary N) is 1. The van der Waals surface area contributed by atoms with Gasteiger partial charge in [0.05, 0.1) is 5.41 Å². The van der Waals surface area contributed by atoms with E-state index in [2.05, 4.69) is 10.6 Å². The second kappa shape index (κ2) is 7.11. The van der Waals surface area contributed by atoms with E-state index in [0.29, 0.717) is 5.92 Å². The molecule has 22 heavy (non-hydrogen) atoms. The van der Waals surface area contributed by atoms with E-state index in [0.717, 1.165) is 24.3 Å². The number of hydrogen-bond acceptors (Lipinski definition) is 3.